The van der Waals surface area contributed by atoms with Gasteiger partial charge < -0.3 is 15.0 Å². The summed E-state index contributed by atoms with van der Waals surface area (Å²) in [5, 5.41) is 4.51. The monoisotopic (exact) mass is 358 g/mol. The van der Waals surface area contributed by atoms with E-state index in [0.29, 0.717) is 23.1 Å². The van der Waals surface area contributed by atoms with Crippen LogP contribution in [0.3, 0.4) is 0 Å². The quantitative estimate of drug-likeness (QED) is 0.862. The average Bonchev–Trinajstić information content (AvgIpc) is 2.90. The Labute approximate surface area is 148 Å². The summed E-state index contributed by atoms with van der Waals surface area (Å²) >= 11 is 12.2. The van der Waals surface area contributed by atoms with Gasteiger partial charge in [-0.05, 0) is 45.2 Å². The van der Waals surface area contributed by atoms with Crippen LogP contribution in [0.1, 0.15) is 39.2 Å². The maximum absolute atomic E-state index is 12.2. The molecule has 1 fully saturated rings. The first-order chi connectivity index (χ1) is 10.8. The smallest absolute Gasteiger partial charge is 0.410 e. The Hall–Kier alpha value is -0.970. The van der Waals surface area contributed by atoms with Crippen LogP contribution >= 0.6 is 23.2 Å². The molecular weight excluding hydrogens is 335 g/mol. The van der Waals surface area contributed by atoms with Crippen LogP contribution in [0.4, 0.5) is 4.79 Å². The van der Waals surface area contributed by atoms with Crippen molar-refractivity contribution in [3.63, 3.8) is 0 Å². The van der Waals surface area contributed by atoms with Gasteiger partial charge in [0.15, 0.2) is 0 Å². The second kappa shape index (κ2) is 7.73. The van der Waals surface area contributed by atoms with Crippen molar-refractivity contribution in [2.75, 3.05) is 13.1 Å². The van der Waals surface area contributed by atoms with E-state index in [2.05, 4.69) is 5.32 Å². The number of hydrogen-bond donors (Lipinski definition) is 1. The van der Waals surface area contributed by atoms with E-state index in [0.717, 1.165) is 24.9 Å². The van der Waals surface area contributed by atoms with Gasteiger partial charge in [-0.15, -0.1) is 0 Å². The van der Waals surface area contributed by atoms with Crippen molar-refractivity contribution in [2.45, 2.75) is 51.8 Å². The number of benzene rings is 1. The molecule has 1 N–H and O–H groups in total. The molecule has 1 atom stereocenters. The van der Waals surface area contributed by atoms with Crippen molar-refractivity contribution >= 4 is 29.3 Å². The third-order valence-corrected chi connectivity index (χ3v) is 4.59. The number of carbonyl (C=O) groups is 1. The van der Waals surface area contributed by atoms with Crippen LogP contribution in [0.25, 0.3) is 0 Å². The lowest BCUT2D eigenvalue weighted by molar-refractivity contribution is 0.0226. The third-order valence-electron chi connectivity index (χ3n) is 3.73. The molecule has 0 aliphatic carbocycles. The molecule has 0 radical (unpaired) electrons. The van der Waals surface area contributed by atoms with Crippen LogP contribution in [-0.2, 0) is 11.3 Å². The summed E-state index contributed by atoms with van der Waals surface area (Å²) < 4.78 is 5.47. The standard InChI is InChI=1S/C17H24Cl2N2O2/c1-17(2,3)23-16(22)21-9-5-7-13(21)11-20-10-12-6-4-8-14(18)15(12)19/h4,6,8,13,20H,5,7,9-11H2,1-3H3. The van der Waals surface area contributed by atoms with E-state index in [-0.39, 0.29) is 12.1 Å². The number of likely N-dealkylation sites (tertiary alicyclic amines) is 1. The average molecular weight is 359 g/mol. The summed E-state index contributed by atoms with van der Waals surface area (Å²) in [6.07, 6.45) is 1.75. The van der Waals surface area contributed by atoms with Crippen LogP contribution in [0.5, 0.6) is 0 Å². The fourth-order valence-electron chi connectivity index (χ4n) is 2.67. The summed E-state index contributed by atoms with van der Waals surface area (Å²) in [4.78, 5) is 14.1. The van der Waals surface area contributed by atoms with Gasteiger partial charge in [-0.1, -0.05) is 35.3 Å². The number of halogens is 2. The molecule has 1 aromatic rings. The number of rotatable bonds is 4. The summed E-state index contributed by atoms with van der Waals surface area (Å²) in [5.41, 5.74) is 0.493. The zero-order valence-corrected chi connectivity index (χ0v) is 15.4. The highest BCUT2D eigenvalue weighted by Gasteiger charge is 2.31. The summed E-state index contributed by atoms with van der Waals surface area (Å²) in [5.74, 6) is 0. The molecule has 2 rings (SSSR count). The van der Waals surface area contributed by atoms with Gasteiger partial charge in [-0.25, -0.2) is 4.79 Å². The van der Waals surface area contributed by atoms with E-state index < -0.39 is 5.60 Å². The molecule has 1 amide bonds. The molecule has 23 heavy (non-hydrogen) atoms. The van der Waals surface area contributed by atoms with Crippen molar-refractivity contribution in [3.8, 4) is 0 Å². The van der Waals surface area contributed by atoms with Crippen LogP contribution in [0.2, 0.25) is 10.0 Å². The van der Waals surface area contributed by atoms with E-state index >= 15 is 0 Å². The Morgan fingerprint density at radius 1 is 1.39 bits per heavy atom. The van der Waals surface area contributed by atoms with Gasteiger partial charge in [0.25, 0.3) is 0 Å². The number of hydrogen-bond acceptors (Lipinski definition) is 3. The molecule has 4 nitrogen and oxygen atoms in total. The van der Waals surface area contributed by atoms with Gasteiger partial charge in [0.05, 0.1) is 10.0 Å². The van der Waals surface area contributed by atoms with Crippen LogP contribution in [0.15, 0.2) is 18.2 Å². The van der Waals surface area contributed by atoms with Crippen molar-refractivity contribution in [1.82, 2.24) is 10.2 Å². The zero-order valence-electron chi connectivity index (χ0n) is 13.9. The van der Waals surface area contributed by atoms with E-state index in [1.54, 1.807) is 6.07 Å². The number of carbonyl (C=O) groups excluding carboxylic acids is 1. The highest BCUT2D eigenvalue weighted by molar-refractivity contribution is 6.42. The molecule has 0 aromatic heterocycles. The molecule has 1 aromatic carbocycles. The number of ether oxygens (including phenoxy) is 1. The lowest BCUT2D eigenvalue weighted by Gasteiger charge is -2.28. The second-order valence-electron chi connectivity index (χ2n) is 6.81. The first kappa shape index (κ1) is 18.4. The van der Waals surface area contributed by atoms with Gasteiger partial charge in [-0.3, -0.25) is 0 Å². The van der Waals surface area contributed by atoms with Gasteiger partial charge in [0.2, 0.25) is 0 Å². The number of nitrogens with one attached hydrogen (secondary N) is 1. The minimum Gasteiger partial charge on any atom is -0.444 e. The fraction of sp³-hybridized carbons (Fsp3) is 0.588. The van der Waals surface area contributed by atoms with Crippen molar-refractivity contribution in [1.29, 1.82) is 0 Å². The van der Waals surface area contributed by atoms with E-state index in [9.17, 15) is 4.79 Å². The van der Waals surface area contributed by atoms with Gasteiger partial charge >= 0.3 is 6.09 Å². The topological polar surface area (TPSA) is 41.6 Å². The largest absolute Gasteiger partial charge is 0.444 e. The maximum Gasteiger partial charge on any atom is 0.410 e. The van der Waals surface area contributed by atoms with Gasteiger partial charge in [-0.2, -0.15) is 0 Å². The normalized spacial score (nSPS) is 18.3. The molecule has 1 unspecified atom stereocenters. The van der Waals surface area contributed by atoms with Crippen LogP contribution in [0, 0.1) is 0 Å². The number of nitrogens with zero attached hydrogens (tertiary/aromatic N) is 1. The third kappa shape index (κ3) is 5.27. The predicted octanol–water partition coefficient (Wildman–Crippen LogP) is 4.48. The molecule has 1 aliphatic heterocycles. The van der Waals surface area contributed by atoms with Gasteiger partial charge in [0.1, 0.15) is 5.60 Å². The maximum atomic E-state index is 12.2. The van der Waals surface area contributed by atoms with E-state index in [4.69, 9.17) is 27.9 Å². The lowest BCUT2D eigenvalue weighted by atomic mass is 10.2. The molecule has 0 bridgehead atoms. The zero-order chi connectivity index (χ0) is 17.0. The highest BCUT2D eigenvalue weighted by Crippen LogP contribution is 2.25. The molecule has 0 spiro atoms. The SMILES string of the molecule is CC(C)(C)OC(=O)N1CCCC1CNCc1cccc(Cl)c1Cl. The Balaban J connectivity index is 1.87. The minimum atomic E-state index is -0.466. The molecule has 6 heteroatoms. The molecule has 1 saturated heterocycles. The Bertz CT molecular complexity index is 558. The van der Waals surface area contributed by atoms with Crippen LogP contribution in [-0.4, -0.2) is 35.7 Å². The number of amides is 1. The Kier molecular flexibility index (Phi) is 6.18. The van der Waals surface area contributed by atoms with E-state index in [1.165, 1.54) is 0 Å². The molecule has 0 saturated carbocycles. The first-order valence-electron chi connectivity index (χ1n) is 7.91. The first-order valence-corrected chi connectivity index (χ1v) is 8.67. The van der Waals surface area contributed by atoms with Crippen molar-refractivity contribution in [3.05, 3.63) is 33.8 Å². The summed E-state index contributed by atoms with van der Waals surface area (Å²) in [6.45, 7) is 7.74. The van der Waals surface area contributed by atoms with Crippen molar-refractivity contribution < 1.29 is 9.53 Å². The summed E-state index contributed by atoms with van der Waals surface area (Å²) in [6, 6.07) is 5.76. The van der Waals surface area contributed by atoms with Crippen LogP contribution < -0.4 is 5.32 Å². The minimum absolute atomic E-state index is 0.155. The molecular formula is C17H24Cl2N2O2. The molecule has 1 heterocycles. The Morgan fingerprint density at radius 2 is 2.13 bits per heavy atom. The van der Waals surface area contributed by atoms with E-state index in [1.807, 2.05) is 37.8 Å². The lowest BCUT2D eigenvalue weighted by Crippen LogP contribution is -2.44. The second-order valence-corrected chi connectivity index (χ2v) is 7.60. The van der Waals surface area contributed by atoms with Crippen molar-refractivity contribution in [2.24, 2.45) is 0 Å². The fourth-order valence-corrected chi connectivity index (χ4v) is 3.05. The highest BCUT2D eigenvalue weighted by atomic mass is 35.5. The molecule has 1 aliphatic rings. The van der Waals surface area contributed by atoms with Gasteiger partial charge in [0, 0.05) is 25.7 Å². The molecule has 128 valence electrons. The summed E-state index contributed by atoms with van der Waals surface area (Å²) in [7, 11) is 0. The predicted molar refractivity (Wildman–Crippen MR) is 94.1 cm³/mol. The Morgan fingerprint density at radius 3 is 2.83 bits per heavy atom.